The Balaban J connectivity index is 1.95. The maximum absolute atomic E-state index is 15.6. The lowest BCUT2D eigenvalue weighted by Gasteiger charge is -2.30. The van der Waals surface area contributed by atoms with Gasteiger partial charge in [0.2, 0.25) is 6.41 Å². The molecule has 0 atom stereocenters. The van der Waals surface area contributed by atoms with Crippen molar-refractivity contribution in [3.05, 3.63) is 64.7 Å². The summed E-state index contributed by atoms with van der Waals surface area (Å²) < 4.78 is 37.6. The Morgan fingerprint density at radius 2 is 2.03 bits per heavy atom. The molecular weight excluding hydrogens is 556 g/mol. The number of aromatic hydroxyl groups is 1. The number of pyridine rings is 1. The highest BCUT2D eigenvalue weighted by Gasteiger charge is 2.26. The molecule has 1 fully saturated rings. The first-order valence-electron chi connectivity index (χ1n) is 11.4. The van der Waals surface area contributed by atoms with E-state index < -0.39 is 28.6 Å². The molecule has 1 aliphatic rings. The summed E-state index contributed by atoms with van der Waals surface area (Å²) in [7, 11) is 1.95. The Morgan fingerprint density at radius 1 is 1.24 bits per heavy atom. The zero-order valence-electron chi connectivity index (χ0n) is 20.5. The number of likely N-dealkylation sites (N-methyl/N-ethyl adjacent to an activating group) is 1. The maximum atomic E-state index is 15.6. The first-order valence-corrected chi connectivity index (χ1v) is 13.7. The summed E-state index contributed by atoms with van der Waals surface area (Å²) in [5.41, 5.74) is -0.335. The van der Waals surface area contributed by atoms with Gasteiger partial charge >= 0.3 is 0 Å². The molecule has 2 aromatic carbocycles. The highest BCUT2D eigenvalue weighted by atomic mass is 35.5. The van der Waals surface area contributed by atoms with Gasteiger partial charge in [-0.15, -0.1) is 11.8 Å². The van der Waals surface area contributed by atoms with Gasteiger partial charge in [-0.3, -0.25) is 13.3 Å². The molecule has 2 heterocycles. The van der Waals surface area contributed by atoms with E-state index in [-0.39, 0.29) is 17.2 Å². The number of nitrogens with one attached hydrogen (secondary N) is 1. The predicted octanol–water partition coefficient (Wildman–Crippen LogP) is 5.58. The molecule has 1 amide bonds. The predicted molar refractivity (Wildman–Crippen MR) is 148 cm³/mol. The topological polar surface area (TPSA) is 90.3 Å². The molecule has 13 heteroatoms. The van der Waals surface area contributed by atoms with E-state index in [0.29, 0.717) is 36.8 Å². The van der Waals surface area contributed by atoms with Crippen molar-refractivity contribution >= 4 is 59.3 Å². The number of hydrogen-bond acceptors (Lipinski definition) is 8. The van der Waals surface area contributed by atoms with Gasteiger partial charge in [0.15, 0.2) is 11.7 Å². The van der Waals surface area contributed by atoms with Crippen molar-refractivity contribution in [3.63, 3.8) is 0 Å². The van der Waals surface area contributed by atoms with Crippen LogP contribution in [0.1, 0.15) is 5.56 Å². The number of amidine groups is 1. The summed E-state index contributed by atoms with van der Waals surface area (Å²) in [6, 6.07) is 10.0. The molecular formula is C25H24ClF2N5O3S2. The molecule has 1 saturated heterocycles. The highest BCUT2D eigenvalue weighted by Crippen LogP contribution is 2.38. The van der Waals surface area contributed by atoms with Crippen LogP contribution < -0.4 is 5.32 Å². The minimum atomic E-state index is -0.927. The van der Waals surface area contributed by atoms with E-state index in [1.165, 1.54) is 23.9 Å². The van der Waals surface area contributed by atoms with Crippen LogP contribution in [0.3, 0.4) is 0 Å². The van der Waals surface area contributed by atoms with Crippen LogP contribution in [0.4, 0.5) is 20.3 Å². The van der Waals surface area contributed by atoms with Crippen LogP contribution in [-0.4, -0.2) is 71.1 Å². The number of rotatable bonds is 6. The summed E-state index contributed by atoms with van der Waals surface area (Å²) in [5.74, 6) is -2.16. The number of thioether (sulfide) groups is 1. The van der Waals surface area contributed by atoms with Crippen LogP contribution in [0.5, 0.6) is 5.75 Å². The zero-order valence-corrected chi connectivity index (χ0v) is 22.8. The van der Waals surface area contributed by atoms with Crippen molar-refractivity contribution in [2.75, 3.05) is 44.9 Å². The average Bonchev–Trinajstić information content (AvgIpc) is 2.88. The number of aromatic nitrogens is 1. The fourth-order valence-electron chi connectivity index (χ4n) is 3.72. The van der Waals surface area contributed by atoms with Gasteiger partial charge in [0, 0.05) is 24.5 Å². The summed E-state index contributed by atoms with van der Waals surface area (Å²) in [5, 5.41) is 13.1. The molecule has 0 bridgehead atoms. The number of hydrogen-bond donors (Lipinski definition) is 2. The summed E-state index contributed by atoms with van der Waals surface area (Å²) in [6.45, 7) is 2.23. The first kappa shape index (κ1) is 28.1. The largest absolute Gasteiger partial charge is 0.507 e. The number of carbonyl (C=O) groups is 1. The molecule has 38 heavy (non-hydrogen) atoms. The van der Waals surface area contributed by atoms with Crippen LogP contribution in [0.25, 0.3) is 11.3 Å². The molecule has 0 unspecified atom stereocenters. The van der Waals surface area contributed by atoms with Crippen molar-refractivity contribution in [2.45, 2.75) is 4.90 Å². The van der Waals surface area contributed by atoms with Crippen molar-refractivity contribution in [3.8, 4) is 17.0 Å². The molecule has 1 aromatic heterocycles. The fourth-order valence-corrected chi connectivity index (χ4v) is 5.20. The number of halogens is 3. The summed E-state index contributed by atoms with van der Waals surface area (Å²) in [4.78, 5) is 23.4. The lowest BCUT2D eigenvalue weighted by atomic mass is 10.1. The maximum Gasteiger partial charge on any atom is 0.212 e. The highest BCUT2D eigenvalue weighted by molar-refractivity contribution is 7.98. The molecule has 0 saturated carbocycles. The van der Waals surface area contributed by atoms with Gasteiger partial charge < -0.3 is 15.3 Å². The number of phenolic OH excluding ortho intramolecular Hbond substituents is 1. The first-order chi connectivity index (χ1) is 18.3. The lowest BCUT2D eigenvalue weighted by molar-refractivity contribution is -0.105. The average molecular weight is 580 g/mol. The van der Waals surface area contributed by atoms with Crippen molar-refractivity contribution < 1.29 is 22.9 Å². The third kappa shape index (κ3) is 6.21. The molecule has 8 nitrogen and oxygen atoms in total. The van der Waals surface area contributed by atoms with Crippen molar-refractivity contribution in [1.82, 2.24) is 14.2 Å². The molecule has 200 valence electrons. The smallest absolute Gasteiger partial charge is 0.212 e. The van der Waals surface area contributed by atoms with Gasteiger partial charge in [-0.25, -0.2) is 18.8 Å². The number of carbonyl (C=O) groups excluding carboxylic acids is 1. The van der Waals surface area contributed by atoms with Gasteiger partial charge in [-0.1, -0.05) is 23.7 Å². The molecule has 4 rings (SSSR count). The Bertz CT molecular complexity index is 1340. The molecule has 2 N–H and O–H groups in total. The zero-order chi connectivity index (χ0) is 27.2. The normalized spacial score (nSPS) is 15.2. The Kier molecular flexibility index (Phi) is 9.44. The number of aliphatic imine (C=N–C) groups is 1. The van der Waals surface area contributed by atoms with E-state index in [9.17, 15) is 14.3 Å². The summed E-state index contributed by atoms with van der Waals surface area (Å²) >= 11 is 8.99. The van der Waals surface area contributed by atoms with E-state index in [1.807, 2.05) is 19.4 Å². The molecule has 0 radical (unpaired) electrons. The van der Waals surface area contributed by atoms with Crippen LogP contribution in [0.2, 0.25) is 5.02 Å². The van der Waals surface area contributed by atoms with E-state index in [2.05, 4.69) is 15.2 Å². The lowest BCUT2D eigenvalue weighted by Crippen LogP contribution is -2.38. The van der Waals surface area contributed by atoms with Gasteiger partial charge in [-0.05, 0) is 43.6 Å². The number of amides is 1. The third-order valence-corrected chi connectivity index (χ3v) is 7.53. The fraction of sp³-hybridized carbons (Fsp3) is 0.240. The van der Waals surface area contributed by atoms with E-state index in [0.717, 1.165) is 35.8 Å². The van der Waals surface area contributed by atoms with E-state index >= 15 is 4.39 Å². The van der Waals surface area contributed by atoms with E-state index in [1.54, 1.807) is 16.4 Å². The van der Waals surface area contributed by atoms with Crippen LogP contribution in [0.15, 0.2) is 52.4 Å². The second-order valence-corrected chi connectivity index (χ2v) is 10.2. The Morgan fingerprint density at radius 3 is 2.76 bits per heavy atom. The molecule has 3 aromatic rings. The second kappa shape index (κ2) is 12.8. The van der Waals surface area contributed by atoms with Gasteiger partial charge in [0.05, 0.1) is 28.4 Å². The number of phenols is 1. The molecule has 0 spiro atoms. The van der Waals surface area contributed by atoms with Crippen LogP contribution in [-0.2, 0) is 8.98 Å². The van der Waals surface area contributed by atoms with Crippen molar-refractivity contribution in [2.24, 2.45) is 4.99 Å². The third-order valence-electron chi connectivity index (χ3n) is 5.65. The van der Waals surface area contributed by atoms with Crippen molar-refractivity contribution in [1.29, 1.82) is 0 Å². The minimum Gasteiger partial charge on any atom is -0.507 e. The SMILES string of the molecule is CSc1cccc(Cl)c1N=C(c1cc(F)c(-c2c(O)cccc2F)nc1NC=O)N1CCN(C)CCOS1. The number of para-hydroxylation sites is 1. The number of benzene rings is 2. The minimum absolute atomic E-state index is 0.0911. The summed E-state index contributed by atoms with van der Waals surface area (Å²) in [6.07, 6.45) is 2.25. The second-order valence-electron chi connectivity index (χ2n) is 8.14. The monoisotopic (exact) mass is 579 g/mol. The molecule has 1 aliphatic heterocycles. The van der Waals surface area contributed by atoms with Gasteiger partial charge in [0.1, 0.15) is 35.3 Å². The number of anilines is 1. The van der Waals surface area contributed by atoms with Crippen LogP contribution in [0, 0.1) is 11.6 Å². The molecule has 0 aliphatic carbocycles. The number of nitrogens with zero attached hydrogens (tertiary/aromatic N) is 4. The Labute approximate surface area is 232 Å². The van der Waals surface area contributed by atoms with Gasteiger partial charge in [0.25, 0.3) is 0 Å². The standard InChI is InChI=1S/C25H24ClF2N5O3S2/c1-32-9-10-33(38-36-12-11-32)25(31-22-16(26)5-3-8-20(22)37-2)15-13-18(28)23(30-24(15)29-14-34)21-17(27)6-4-7-19(21)35/h3-8,13-14,35H,9-12H2,1-2H3,(H,29,30,34). The van der Waals surface area contributed by atoms with E-state index in [4.69, 9.17) is 20.8 Å². The van der Waals surface area contributed by atoms with Crippen LogP contribution >= 0.6 is 35.6 Å². The Hall–Kier alpha value is -2.90. The van der Waals surface area contributed by atoms with Gasteiger partial charge in [-0.2, -0.15) is 0 Å². The quantitative estimate of drug-likeness (QED) is 0.0977.